The smallest absolute Gasteiger partial charge is 0.103 e. The molecule has 2 aromatic carbocycles. The summed E-state index contributed by atoms with van der Waals surface area (Å²) in [6, 6.07) is 16.8. The van der Waals surface area contributed by atoms with Crippen molar-refractivity contribution in [2.24, 2.45) is 0 Å². The highest BCUT2D eigenvalue weighted by Crippen LogP contribution is 2.31. The summed E-state index contributed by atoms with van der Waals surface area (Å²) in [6.45, 7) is 4.23. The summed E-state index contributed by atoms with van der Waals surface area (Å²) in [4.78, 5) is 7.49. The number of rotatable bonds is 5. The molecule has 0 unspecified atom stereocenters. The van der Waals surface area contributed by atoms with E-state index in [0.717, 1.165) is 39.8 Å². The Morgan fingerprint density at radius 3 is 2.72 bits per heavy atom. The molecule has 0 bridgehead atoms. The van der Waals surface area contributed by atoms with Gasteiger partial charge in [0, 0.05) is 40.7 Å². The molecular weight excluding hydrogens is 356 g/mol. The van der Waals surface area contributed by atoms with Crippen LogP contribution in [0, 0.1) is 18.3 Å². The van der Waals surface area contributed by atoms with Gasteiger partial charge in [-0.1, -0.05) is 43.3 Å². The van der Waals surface area contributed by atoms with Crippen LogP contribution in [-0.2, 0) is 6.42 Å². The van der Waals surface area contributed by atoms with Crippen molar-refractivity contribution >= 4 is 34.4 Å². The largest absolute Gasteiger partial charge is 0.361 e. The SMILES string of the molecule is CCc1ccccc1C=Cc1cncc(C#N)c1Nc1ccc2[nH]ccc2c1C. The summed E-state index contributed by atoms with van der Waals surface area (Å²) >= 11 is 0. The Kier molecular flexibility index (Phi) is 5.13. The van der Waals surface area contributed by atoms with Gasteiger partial charge in [-0.25, -0.2) is 0 Å². The average molecular weight is 378 g/mol. The van der Waals surface area contributed by atoms with Crippen molar-refractivity contribution in [2.75, 3.05) is 5.32 Å². The molecule has 4 nitrogen and oxygen atoms in total. The lowest BCUT2D eigenvalue weighted by molar-refractivity contribution is 1.13. The van der Waals surface area contributed by atoms with Gasteiger partial charge in [-0.3, -0.25) is 4.98 Å². The van der Waals surface area contributed by atoms with Gasteiger partial charge in [-0.05, 0) is 48.2 Å². The van der Waals surface area contributed by atoms with Gasteiger partial charge >= 0.3 is 0 Å². The number of anilines is 2. The van der Waals surface area contributed by atoms with Gasteiger partial charge in [0.15, 0.2) is 0 Å². The van der Waals surface area contributed by atoms with Gasteiger partial charge in [0.05, 0.1) is 11.3 Å². The minimum atomic E-state index is 0.518. The van der Waals surface area contributed by atoms with Gasteiger partial charge in [0.2, 0.25) is 0 Å². The second-order valence-corrected chi connectivity index (χ2v) is 6.95. The van der Waals surface area contributed by atoms with Crippen LogP contribution >= 0.6 is 0 Å². The van der Waals surface area contributed by atoms with Crippen molar-refractivity contribution in [3.05, 3.63) is 88.9 Å². The molecule has 0 amide bonds. The van der Waals surface area contributed by atoms with E-state index in [2.05, 4.69) is 65.5 Å². The van der Waals surface area contributed by atoms with Crippen LogP contribution in [0.25, 0.3) is 23.1 Å². The van der Waals surface area contributed by atoms with E-state index in [1.165, 1.54) is 11.1 Å². The molecule has 0 saturated heterocycles. The number of hydrogen-bond donors (Lipinski definition) is 2. The maximum atomic E-state index is 9.64. The lowest BCUT2D eigenvalue weighted by Gasteiger charge is -2.14. The molecule has 0 saturated carbocycles. The normalized spacial score (nSPS) is 11.1. The van der Waals surface area contributed by atoms with E-state index in [9.17, 15) is 5.26 Å². The summed E-state index contributed by atoms with van der Waals surface area (Å²) in [7, 11) is 0. The molecule has 0 aliphatic heterocycles. The van der Waals surface area contributed by atoms with Gasteiger partial charge in [-0.2, -0.15) is 5.26 Å². The summed E-state index contributed by atoms with van der Waals surface area (Å²) in [5, 5.41) is 14.3. The third kappa shape index (κ3) is 3.63. The number of H-pyrrole nitrogens is 1. The molecule has 142 valence electrons. The Morgan fingerprint density at radius 1 is 1.07 bits per heavy atom. The molecule has 4 heteroatoms. The first-order valence-electron chi connectivity index (χ1n) is 9.69. The molecular formula is C25H22N4. The fourth-order valence-corrected chi connectivity index (χ4v) is 3.58. The van der Waals surface area contributed by atoms with Crippen LogP contribution < -0.4 is 5.32 Å². The monoisotopic (exact) mass is 378 g/mol. The lowest BCUT2D eigenvalue weighted by Crippen LogP contribution is -1.99. The van der Waals surface area contributed by atoms with Gasteiger partial charge in [0.25, 0.3) is 0 Å². The van der Waals surface area contributed by atoms with E-state index in [1.54, 1.807) is 12.4 Å². The van der Waals surface area contributed by atoms with Crippen molar-refractivity contribution in [1.82, 2.24) is 9.97 Å². The number of pyridine rings is 1. The number of nitrogens with zero attached hydrogens (tertiary/aromatic N) is 2. The fraction of sp³-hybridized carbons (Fsp3) is 0.120. The summed E-state index contributed by atoms with van der Waals surface area (Å²) in [5.41, 5.74) is 7.84. The molecule has 0 aliphatic rings. The molecule has 4 rings (SSSR count). The predicted octanol–water partition coefficient (Wildman–Crippen LogP) is 6.22. The first kappa shape index (κ1) is 18.5. The molecule has 2 N–H and O–H groups in total. The fourth-order valence-electron chi connectivity index (χ4n) is 3.58. The van der Waals surface area contributed by atoms with Crippen LogP contribution in [-0.4, -0.2) is 9.97 Å². The van der Waals surface area contributed by atoms with Crippen LogP contribution in [0.2, 0.25) is 0 Å². The molecule has 0 atom stereocenters. The Balaban J connectivity index is 1.76. The Bertz CT molecular complexity index is 1240. The van der Waals surface area contributed by atoms with Crippen LogP contribution in [0.3, 0.4) is 0 Å². The highest BCUT2D eigenvalue weighted by Gasteiger charge is 2.11. The molecule has 0 radical (unpaired) electrons. The van der Waals surface area contributed by atoms with Crippen molar-refractivity contribution in [3.63, 3.8) is 0 Å². The summed E-state index contributed by atoms with van der Waals surface area (Å²) < 4.78 is 0. The Labute approximate surface area is 170 Å². The van der Waals surface area contributed by atoms with Gasteiger partial charge in [0.1, 0.15) is 6.07 Å². The topological polar surface area (TPSA) is 64.5 Å². The number of hydrogen-bond acceptors (Lipinski definition) is 3. The standard InChI is InChI=1S/C25H22N4/c1-3-18-6-4-5-7-19(18)8-9-20-15-27-16-21(14-26)25(20)29-23-10-11-24-22(17(23)2)12-13-28-24/h4-13,15-16,28H,3H2,1-2H3,(H,27,29). The number of aromatic nitrogens is 2. The molecule has 29 heavy (non-hydrogen) atoms. The van der Waals surface area contributed by atoms with Crippen LogP contribution in [0.5, 0.6) is 0 Å². The zero-order valence-electron chi connectivity index (χ0n) is 16.5. The highest BCUT2D eigenvalue weighted by molar-refractivity contribution is 5.90. The highest BCUT2D eigenvalue weighted by atomic mass is 14.9. The number of aryl methyl sites for hydroxylation is 2. The zero-order chi connectivity index (χ0) is 20.2. The van der Waals surface area contributed by atoms with E-state index in [0.29, 0.717) is 5.56 Å². The number of nitriles is 1. The molecule has 0 aliphatic carbocycles. The second kappa shape index (κ2) is 8.04. The van der Waals surface area contributed by atoms with Gasteiger partial charge in [-0.15, -0.1) is 0 Å². The molecule has 2 heterocycles. The average Bonchev–Trinajstić information content (AvgIpc) is 3.24. The quantitative estimate of drug-likeness (QED) is 0.433. The Hall–Kier alpha value is -3.84. The first-order valence-corrected chi connectivity index (χ1v) is 9.69. The van der Waals surface area contributed by atoms with E-state index in [4.69, 9.17) is 0 Å². The molecule has 0 fully saturated rings. The summed E-state index contributed by atoms with van der Waals surface area (Å²) in [6.07, 6.45) is 10.4. The molecule has 2 aromatic heterocycles. The van der Waals surface area contributed by atoms with E-state index in [-0.39, 0.29) is 0 Å². The van der Waals surface area contributed by atoms with Crippen LogP contribution in [0.1, 0.15) is 34.7 Å². The van der Waals surface area contributed by atoms with E-state index >= 15 is 0 Å². The Morgan fingerprint density at radius 2 is 1.90 bits per heavy atom. The van der Waals surface area contributed by atoms with Crippen molar-refractivity contribution in [2.45, 2.75) is 20.3 Å². The number of nitrogens with one attached hydrogen (secondary N) is 2. The minimum Gasteiger partial charge on any atom is -0.361 e. The van der Waals surface area contributed by atoms with Gasteiger partial charge < -0.3 is 10.3 Å². The first-order chi connectivity index (χ1) is 14.2. The maximum absolute atomic E-state index is 9.64. The minimum absolute atomic E-state index is 0.518. The number of benzene rings is 2. The zero-order valence-corrected chi connectivity index (χ0v) is 16.5. The van der Waals surface area contributed by atoms with Crippen LogP contribution in [0.4, 0.5) is 11.4 Å². The maximum Gasteiger partial charge on any atom is 0.103 e. The van der Waals surface area contributed by atoms with Crippen molar-refractivity contribution < 1.29 is 0 Å². The van der Waals surface area contributed by atoms with E-state index < -0.39 is 0 Å². The van der Waals surface area contributed by atoms with Crippen molar-refractivity contribution in [3.8, 4) is 6.07 Å². The van der Waals surface area contributed by atoms with Crippen LogP contribution in [0.15, 0.2) is 61.1 Å². The van der Waals surface area contributed by atoms with E-state index in [1.807, 2.05) is 30.5 Å². The third-order valence-electron chi connectivity index (χ3n) is 5.24. The number of fused-ring (bicyclic) bond motifs is 1. The molecule has 4 aromatic rings. The summed E-state index contributed by atoms with van der Waals surface area (Å²) in [5.74, 6) is 0. The van der Waals surface area contributed by atoms with Crippen molar-refractivity contribution in [1.29, 1.82) is 5.26 Å². The lowest BCUT2D eigenvalue weighted by atomic mass is 10.0. The predicted molar refractivity (Wildman–Crippen MR) is 120 cm³/mol. The third-order valence-corrected chi connectivity index (χ3v) is 5.24. The number of aromatic amines is 1. The second-order valence-electron chi connectivity index (χ2n) is 6.95. The molecule has 0 spiro atoms.